The number of rotatable bonds is 9. The molecule has 2 N–H and O–H groups in total. The van der Waals surface area contributed by atoms with E-state index in [2.05, 4.69) is 20.8 Å². The lowest BCUT2D eigenvalue weighted by molar-refractivity contribution is -0.113. The molecular weight excluding hydrogens is 458 g/mol. The number of carbonyl (C=O) groups excluding carboxylic acids is 1. The number of hydrogen-bond acceptors (Lipinski definition) is 9. The summed E-state index contributed by atoms with van der Waals surface area (Å²) in [6.45, 7) is 0. The molecule has 0 atom stereocenters. The molecule has 0 saturated heterocycles. The van der Waals surface area contributed by atoms with E-state index in [1.807, 2.05) is 24.3 Å². The van der Waals surface area contributed by atoms with E-state index in [0.29, 0.717) is 15.2 Å². The summed E-state index contributed by atoms with van der Waals surface area (Å²) < 4.78 is 31.3. The molecular formula is C19H21N5O4S3. The van der Waals surface area contributed by atoms with Crippen LogP contribution in [0, 0.1) is 0 Å². The molecule has 1 amide bonds. The van der Waals surface area contributed by atoms with Crippen molar-refractivity contribution in [1.82, 2.24) is 14.5 Å². The fourth-order valence-electron chi connectivity index (χ4n) is 2.39. The van der Waals surface area contributed by atoms with Gasteiger partial charge in [-0.2, -0.15) is 0 Å². The summed E-state index contributed by atoms with van der Waals surface area (Å²) in [5.74, 6) is 0.598. The Labute approximate surface area is 188 Å². The molecule has 164 valence electrons. The molecule has 0 spiro atoms. The summed E-state index contributed by atoms with van der Waals surface area (Å²) in [7, 11) is 0.946. The van der Waals surface area contributed by atoms with E-state index in [-0.39, 0.29) is 16.6 Å². The number of thioether (sulfide) groups is 1. The number of nitrogens with zero attached hydrogens (tertiary/aromatic N) is 3. The molecule has 0 saturated carbocycles. The number of hydrogen-bond donors (Lipinski definition) is 2. The average Bonchev–Trinajstić information content (AvgIpc) is 3.20. The number of methoxy groups -OCH3 is 1. The second-order valence-electron chi connectivity index (χ2n) is 6.38. The topological polar surface area (TPSA) is 114 Å². The van der Waals surface area contributed by atoms with Crippen molar-refractivity contribution in [2.45, 2.75) is 9.24 Å². The van der Waals surface area contributed by atoms with E-state index in [0.717, 1.165) is 15.7 Å². The van der Waals surface area contributed by atoms with E-state index in [1.54, 1.807) is 19.2 Å². The normalized spacial score (nSPS) is 11.4. The van der Waals surface area contributed by atoms with Gasteiger partial charge in [-0.15, -0.1) is 10.2 Å². The molecule has 12 heteroatoms. The standard InChI is InChI=1S/C19H21N5O4S3/c1-24(2)31(26,27)16-6-4-5-14(11-16)20-17(25)12-29-19-23-22-18(30-19)21-13-7-9-15(28-3)10-8-13/h4-11H,12H2,1-3H3,(H,20,25)(H,21,22). The van der Waals surface area contributed by atoms with Crippen LogP contribution in [0.1, 0.15) is 0 Å². The van der Waals surface area contributed by atoms with Crippen LogP contribution in [-0.4, -0.2) is 55.8 Å². The third kappa shape index (κ3) is 6.17. The first-order valence-electron chi connectivity index (χ1n) is 8.98. The van der Waals surface area contributed by atoms with Gasteiger partial charge in [0.05, 0.1) is 17.8 Å². The predicted molar refractivity (Wildman–Crippen MR) is 123 cm³/mol. The van der Waals surface area contributed by atoms with Gasteiger partial charge >= 0.3 is 0 Å². The molecule has 0 fully saturated rings. The van der Waals surface area contributed by atoms with E-state index in [9.17, 15) is 13.2 Å². The van der Waals surface area contributed by atoms with Gasteiger partial charge in [-0.25, -0.2) is 12.7 Å². The van der Waals surface area contributed by atoms with Gasteiger partial charge in [0, 0.05) is 25.5 Å². The van der Waals surface area contributed by atoms with Gasteiger partial charge in [-0.1, -0.05) is 29.2 Å². The maximum absolute atomic E-state index is 12.3. The lowest BCUT2D eigenvalue weighted by atomic mass is 10.3. The maximum atomic E-state index is 12.3. The summed E-state index contributed by atoms with van der Waals surface area (Å²) >= 11 is 2.57. The predicted octanol–water partition coefficient (Wildman–Crippen LogP) is 3.27. The largest absolute Gasteiger partial charge is 0.497 e. The second-order valence-corrected chi connectivity index (χ2v) is 10.7. The highest BCUT2D eigenvalue weighted by molar-refractivity contribution is 8.01. The minimum absolute atomic E-state index is 0.112. The molecule has 31 heavy (non-hydrogen) atoms. The maximum Gasteiger partial charge on any atom is 0.242 e. The molecule has 0 bridgehead atoms. The number of amides is 1. The third-order valence-corrected chi connectivity index (χ3v) is 7.75. The Hall–Kier alpha value is -2.67. The van der Waals surface area contributed by atoms with E-state index < -0.39 is 10.0 Å². The number of benzene rings is 2. The average molecular weight is 480 g/mol. The van der Waals surface area contributed by atoms with Crippen molar-refractivity contribution in [2.24, 2.45) is 0 Å². The Balaban J connectivity index is 1.54. The van der Waals surface area contributed by atoms with Gasteiger partial charge in [0.15, 0.2) is 4.34 Å². The van der Waals surface area contributed by atoms with Crippen molar-refractivity contribution >= 4 is 55.5 Å². The Morgan fingerprint density at radius 3 is 2.55 bits per heavy atom. The SMILES string of the molecule is COc1ccc(Nc2nnc(SCC(=O)Nc3cccc(S(=O)(=O)N(C)C)c3)s2)cc1. The number of ether oxygens (including phenoxy) is 1. The molecule has 3 rings (SSSR count). The summed E-state index contributed by atoms with van der Waals surface area (Å²) in [5, 5.41) is 14.6. The van der Waals surface area contributed by atoms with Crippen LogP contribution in [0.2, 0.25) is 0 Å². The number of nitrogens with one attached hydrogen (secondary N) is 2. The Bertz CT molecular complexity index is 1150. The molecule has 0 unspecified atom stereocenters. The van der Waals surface area contributed by atoms with Crippen molar-refractivity contribution in [3.05, 3.63) is 48.5 Å². The van der Waals surface area contributed by atoms with Crippen molar-refractivity contribution in [1.29, 1.82) is 0 Å². The van der Waals surface area contributed by atoms with Gasteiger partial charge in [0.1, 0.15) is 5.75 Å². The number of aromatic nitrogens is 2. The molecule has 0 aliphatic rings. The number of sulfonamides is 1. The summed E-state index contributed by atoms with van der Waals surface area (Å²) in [4.78, 5) is 12.4. The molecule has 2 aromatic carbocycles. The first kappa shape index (κ1) is 23.0. The quantitative estimate of drug-likeness (QED) is 0.450. The van der Waals surface area contributed by atoms with Gasteiger partial charge < -0.3 is 15.4 Å². The second kappa shape index (κ2) is 10.1. The zero-order valence-electron chi connectivity index (χ0n) is 17.0. The van der Waals surface area contributed by atoms with Crippen molar-refractivity contribution in [2.75, 3.05) is 37.6 Å². The van der Waals surface area contributed by atoms with Gasteiger partial charge in [-0.3, -0.25) is 4.79 Å². The molecule has 3 aromatic rings. The highest BCUT2D eigenvalue weighted by Gasteiger charge is 2.17. The van der Waals surface area contributed by atoms with Crippen LogP contribution in [0.25, 0.3) is 0 Å². The summed E-state index contributed by atoms with van der Waals surface area (Å²) in [6.07, 6.45) is 0. The van der Waals surface area contributed by atoms with Gasteiger partial charge in [-0.05, 0) is 42.5 Å². The Morgan fingerprint density at radius 1 is 1.13 bits per heavy atom. The minimum atomic E-state index is -3.57. The monoisotopic (exact) mass is 479 g/mol. The molecule has 0 aliphatic carbocycles. The summed E-state index contributed by atoms with van der Waals surface area (Å²) in [6, 6.07) is 13.5. The van der Waals surface area contributed by atoms with E-state index in [4.69, 9.17) is 4.74 Å². The van der Waals surface area contributed by atoms with E-state index in [1.165, 1.54) is 49.3 Å². The number of carbonyl (C=O) groups is 1. The molecule has 0 aliphatic heterocycles. The zero-order chi connectivity index (χ0) is 22.4. The van der Waals surface area contributed by atoms with Crippen molar-refractivity contribution < 1.29 is 17.9 Å². The van der Waals surface area contributed by atoms with Crippen LogP contribution >= 0.6 is 23.1 Å². The molecule has 9 nitrogen and oxygen atoms in total. The van der Waals surface area contributed by atoms with Gasteiger partial charge in [0.2, 0.25) is 21.1 Å². The minimum Gasteiger partial charge on any atom is -0.497 e. The van der Waals surface area contributed by atoms with Crippen LogP contribution < -0.4 is 15.4 Å². The number of anilines is 3. The lowest BCUT2D eigenvalue weighted by Crippen LogP contribution is -2.22. The van der Waals surface area contributed by atoms with E-state index >= 15 is 0 Å². The van der Waals surface area contributed by atoms with Crippen LogP contribution in [0.4, 0.5) is 16.5 Å². The van der Waals surface area contributed by atoms with Crippen LogP contribution in [-0.2, 0) is 14.8 Å². The Morgan fingerprint density at radius 2 is 1.87 bits per heavy atom. The molecule has 0 radical (unpaired) electrons. The smallest absolute Gasteiger partial charge is 0.242 e. The molecule has 1 heterocycles. The highest BCUT2D eigenvalue weighted by atomic mass is 32.2. The van der Waals surface area contributed by atoms with Crippen molar-refractivity contribution in [3.8, 4) is 5.75 Å². The zero-order valence-corrected chi connectivity index (χ0v) is 19.5. The fourth-order valence-corrected chi connectivity index (χ4v) is 4.91. The van der Waals surface area contributed by atoms with Crippen LogP contribution in [0.5, 0.6) is 5.75 Å². The lowest BCUT2D eigenvalue weighted by Gasteiger charge is -2.12. The highest BCUT2D eigenvalue weighted by Crippen LogP contribution is 2.28. The third-order valence-electron chi connectivity index (χ3n) is 3.97. The summed E-state index contributed by atoms with van der Waals surface area (Å²) in [5.41, 5.74) is 1.26. The molecule has 1 aromatic heterocycles. The van der Waals surface area contributed by atoms with Crippen molar-refractivity contribution in [3.63, 3.8) is 0 Å². The van der Waals surface area contributed by atoms with Gasteiger partial charge in [0.25, 0.3) is 0 Å². The van der Waals surface area contributed by atoms with Crippen LogP contribution in [0.3, 0.4) is 0 Å². The first-order valence-corrected chi connectivity index (χ1v) is 12.2. The fraction of sp³-hybridized carbons (Fsp3) is 0.211. The Kier molecular flexibility index (Phi) is 7.49. The first-order chi connectivity index (χ1) is 14.8. The van der Waals surface area contributed by atoms with Crippen LogP contribution in [0.15, 0.2) is 57.8 Å².